The molecule has 1 saturated heterocycles. The number of carbonyl (C=O) groups excluding carboxylic acids is 2. The maximum atomic E-state index is 13.2. The fraction of sp³-hybridized carbons (Fsp3) is 0.333. The average molecular weight is 485 g/mol. The van der Waals surface area contributed by atoms with Crippen LogP contribution in [0.25, 0.3) is 22.2 Å². The molecule has 2 aliphatic heterocycles. The number of fused-ring (bicyclic) bond motifs is 2. The van der Waals surface area contributed by atoms with Crippen molar-refractivity contribution in [3.63, 3.8) is 0 Å². The fourth-order valence-corrected chi connectivity index (χ4v) is 5.20. The molecule has 2 aliphatic rings. The van der Waals surface area contributed by atoms with E-state index in [1.54, 1.807) is 23.9 Å². The first-order valence-corrected chi connectivity index (χ1v) is 12.2. The quantitative estimate of drug-likeness (QED) is 0.478. The molecule has 1 N–H and O–H groups in total. The van der Waals surface area contributed by atoms with Gasteiger partial charge in [0, 0.05) is 73.5 Å². The highest BCUT2D eigenvalue weighted by atomic mass is 16.5. The van der Waals surface area contributed by atoms with Gasteiger partial charge in [-0.1, -0.05) is 12.1 Å². The molecule has 2 amide bonds. The summed E-state index contributed by atoms with van der Waals surface area (Å²) in [5.41, 5.74) is 6.12. The molecule has 0 saturated carbocycles. The molecule has 9 nitrogen and oxygen atoms in total. The lowest BCUT2D eigenvalue weighted by Crippen LogP contribution is -2.35. The number of amides is 2. The highest BCUT2D eigenvalue weighted by Gasteiger charge is 2.30. The van der Waals surface area contributed by atoms with Crippen molar-refractivity contribution in [2.45, 2.75) is 32.4 Å². The van der Waals surface area contributed by atoms with Crippen molar-refractivity contribution in [2.24, 2.45) is 7.05 Å². The van der Waals surface area contributed by atoms with Crippen LogP contribution in [0.4, 0.5) is 5.69 Å². The zero-order chi connectivity index (χ0) is 24.8. The lowest BCUT2D eigenvalue weighted by Gasteiger charge is -2.27. The van der Waals surface area contributed by atoms with Crippen molar-refractivity contribution in [1.82, 2.24) is 24.5 Å². The lowest BCUT2D eigenvalue weighted by molar-refractivity contribution is -0.129. The maximum Gasteiger partial charge on any atom is 0.255 e. The Hall–Kier alpha value is -3.98. The number of anilines is 1. The van der Waals surface area contributed by atoms with E-state index in [1.807, 2.05) is 48.3 Å². The van der Waals surface area contributed by atoms with E-state index in [0.29, 0.717) is 30.9 Å². The van der Waals surface area contributed by atoms with Crippen LogP contribution in [0.3, 0.4) is 0 Å². The van der Waals surface area contributed by atoms with Gasteiger partial charge in [0.1, 0.15) is 0 Å². The summed E-state index contributed by atoms with van der Waals surface area (Å²) < 4.78 is 9.51. The van der Waals surface area contributed by atoms with E-state index in [2.05, 4.69) is 15.1 Å². The molecular formula is C27H28N6O3. The zero-order valence-corrected chi connectivity index (χ0v) is 20.4. The lowest BCUT2D eigenvalue weighted by atomic mass is 9.99. The molecule has 2 aromatic carbocycles. The normalized spacial score (nSPS) is 17.4. The highest BCUT2D eigenvalue weighted by Crippen LogP contribution is 2.34. The van der Waals surface area contributed by atoms with E-state index < -0.39 is 0 Å². The summed E-state index contributed by atoms with van der Waals surface area (Å²) in [7, 11) is 1.88. The third-order valence-electron chi connectivity index (χ3n) is 7.19. The number of benzene rings is 2. The van der Waals surface area contributed by atoms with Gasteiger partial charge in [0.15, 0.2) is 0 Å². The van der Waals surface area contributed by atoms with Crippen LogP contribution in [-0.2, 0) is 29.5 Å². The smallest absolute Gasteiger partial charge is 0.255 e. The number of nitrogens with one attached hydrogen (secondary N) is 1. The summed E-state index contributed by atoms with van der Waals surface area (Å²) in [5.74, 6) is -0.136. The summed E-state index contributed by atoms with van der Waals surface area (Å²) in [5, 5.41) is 13.3. The second kappa shape index (κ2) is 8.91. The Kier molecular flexibility index (Phi) is 5.56. The van der Waals surface area contributed by atoms with E-state index in [0.717, 1.165) is 52.9 Å². The standard InChI is InChI=1S/C27H28N6O3/c1-17(34)32-10-8-24-23(15-32)26(30-33(24)22-9-11-36-16-22)18-4-3-5-19(12-18)27(35)29-21-7-6-20-14-28-31(2)25(20)13-21/h3-7,12-14,22H,8-11,15-16H2,1-2H3,(H,29,35). The van der Waals surface area contributed by atoms with Crippen molar-refractivity contribution < 1.29 is 14.3 Å². The van der Waals surface area contributed by atoms with Crippen molar-refractivity contribution in [3.8, 4) is 11.3 Å². The van der Waals surface area contributed by atoms with Crippen LogP contribution >= 0.6 is 0 Å². The monoisotopic (exact) mass is 484 g/mol. The van der Waals surface area contributed by atoms with Gasteiger partial charge in [-0.05, 0) is 36.8 Å². The molecule has 2 aromatic heterocycles. The van der Waals surface area contributed by atoms with E-state index in [9.17, 15) is 9.59 Å². The first-order chi connectivity index (χ1) is 17.5. The molecule has 9 heteroatoms. The van der Waals surface area contributed by atoms with Gasteiger partial charge < -0.3 is 15.0 Å². The number of nitrogens with zero attached hydrogens (tertiary/aromatic N) is 5. The molecule has 6 rings (SSSR count). The summed E-state index contributed by atoms with van der Waals surface area (Å²) in [6.07, 6.45) is 3.48. The summed E-state index contributed by atoms with van der Waals surface area (Å²) in [6.45, 7) is 4.19. The maximum absolute atomic E-state index is 13.2. The van der Waals surface area contributed by atoms with Gasteiger partial charge in [0.2, 0.25) is 5.91 Å². The van der Waals surface area contributed by atoms with Crippen LogP contribution in [0.2, 0.25) is 0 Å². The minimum Gasteiger partial charge on any atom is -0.379 e. The second-order valence-corrected chi connectivity index (χ2v) is 9.50. The van der Waals surface area contributed by atoms with Crippen LogP contribution in [-0.4, -0.2) is 56.0 Å². The number of hydrogen-bond donors (Lipinski definition) is 1. The zero-order valence-electron chi connectivity index (χ0n) is 20.4. The first-order valence-electron chi connectivity index (χ1n) is 12.2. The molecule has 1 fully saturated rings. The van der Waals surface area contributed by atoms with Crippen molar-refractivity contribution in [3.05, 3.63) is 65.5 Å². The Bertz CT molecular complexity index is 1480. The molecule has 4 heterocycles. The Balaban J connectivity index is 1.33. The molecule has 1 unspecified atom stereocenters. The predicted molar refractivity (Wildman–Crippen MR) is 136 cm³/mol. The van der Waals surface area contributed by atoms with Crippen LogP contribution < -0.4 is 5.32 Å². The van der Waals surface area contributed by atoms with Gasteiger partial charge in [-0.3, -0.25) is 19.0 Å². The molecule has 0 aliphatic carbocycles. The molecule has 0 radical (unpaired) electrons. The van der Waals surface area contributed by atoms with Crippen LogP contribution in [0.1, 0.15) is 41.0 Å². The molecule has 4 aromatic rings. The largest absolute Gasteiger partial charge is 0.379 e. The number of rotatable bonds is 4. The van der Waals surface area contributed by atoms with Crippen molar-refractivity contribution >= 4 is 28.4 Å². The van der Waals surface area contributed by atoms with Gasteiger partial charge in [-0.2, -0.15) is 10.2 Å². The van der Waals surface area contributed by atoms with Gasteiger partial charge in [-0.15, -0.1) is 0 Å². The molecular weight excluding hydrogens is 456 g/mol. The topological polar surface area (TPSA) is 94.3 Å². The Morgan fingerprint density at radius 1 is 1.17 bits per heavy atom. The number of aryl methyl sites for hydroxylation is 1. The Morgan fingerprint density at radius 3 is 2.86 bits per heavy atom. The number of carbonyl (C=O) groups is 2. The molecule has 0 bridgehead atoms. The minimum atomic E-state index is -0.193. The van der Waals surface area contributed by atoms with Gasteiger partial charge in [-0.25, -0.2) is 0 Å². The second-order valence-electron chi connectivity index (χ2n) is 9.50. The minimum absolute atomic E-state index is 0.0575. The number of aromatic nitrogens is 4. The third kappa shape index (κ3) is 3.95. The average Bonchev–Trinajstić information content (AvgIpc) is 3.63. The Morgan fingerprint density at radius 2 is 2.06 bits per heavy atom. The molecule has 184 valence electrons. The van der Waals surface area contributed by atoms with E-state index in [-0.39, 0.29) is 17.9 Å². The first kappa shape index (κ1) is 22.5. The van der Waals surface area contributed by atoms with Crippen LogP contribution in [0, 0.1) is 0 Å². The van der Waals surface area contributed by atoms with Gasteiger partial charge >= 0.3 is 0 Å². The molecule has 36 heavy (non-hydrogen) atoms. The van der Waals surface area contributed by atoms with Gasteiger partial charge in [0.25, 0.3) is 5.91 Å². The summed E-state index contributed by atoms with van der Waals surface area (Å²) in [6, 6.07) is 13.5. The number of ether oxygens (including phenoxy) is 1. The fourth-order valence-electron chi connectivity index (χ4n) is 5.20. The van der Waals surface area contributed by atoms with Crippen LogP contribution in [0.5, 0.6) is 0 Å². The molecule has 1 atom stereocenters. The number of hydrogen-bond acceptors (Lipinski definition) is 5. The SMILES string of the molecule is CC(=O)N1CCc2c(c(-c3cccc(C(=O)Nc4ccc5cnn(C)c5c4)c3)nn2C2CCOC2)C1. The van der Waals surface area contributed by atoms with Crippen molar-refractivity contribution in [1.29, 1.82) is 0 Å². The summed E-state index contributed by atoms with van der Waals surface area (Å²) >= 11 is 0. The van der Waals surface area contributed by atoms with E-state index >= 15 is 0 Å². The van der Waals surface area contributed by atoms with Crippen molar-refractivity contribution in [2.75, 3.05) is 25.1 Å². The molecule has 0 spiro atoms. The van der Waals surface area contributed by atoms with Crippen LogP contribution in [0.15, 0.2) is 48.7 Å². The van der Waals surface area contributed by atoms with Gasteiger partial charge in [0.05, 0.1) is 30.1 Å². The predicted octanol–water partition coefficient (Wildman–Crippen LogP) is 3.56. The highest BCUT2D eigenvalue weighted by molar-refractivity contribution is 6.05. The van der Waals surface area contributed by atoms with E-state index in [1.165, 1.54) is 0 Å². The third-order valence-corrected chi connectivity index (χ3v) is 7.19. The van der Waals surface area contributed by atoms with E-state index in [4.69, 9.17) is 9.84 Å². The Labute approximate surface area is 208 Å². The summed E-state index contributed by atoms with van der Waals surface area (Å²) in [4.78, 5) is 27.2.